The molecule has 256 valence electrons. The van der Waals surface area contributed by atoms with Crippen molar-refractivity contribution in [3.8, 4) is 0 Å². The molecular weight excluding hydrogens is 602 g/mol. The highest BCUT2D eigenvalue weighted by Crippen LogP contribution is 2.25. The summed E-state index contributed by atoms with van der Waals surface area (Å²) in [6.45, 7) is 11.8. The van der Waals surface area contributed by atoms with Gasteiger partial charge in [0.1, 0.15) is 6.04 Å². The molecule has 3 aromatic heterocycles. The molecule has 0 aromatic carbocycles. The number of fused-ring (bicyclic) bond motifs is 8. The van der Waals surface area contributed by atoms with Crippen LogP contribution in [0.5, 0.6) is 0 Å². The molecule has 0 unspecified atom stereocenters. The fourth-order valence-electron chi connectivity index (χ4n) is 6.35. The molecule has 8 bridgehead atoms. The number of H-pyrrole nitrogens is 2. The number of hydrogen-bond donors (Lipinski definition) is 5. The number of hydrogen-bond acceptors (Lipinski definition) is 6. The zero-order valence-corrected chi connectivity index (χ0v) is 29.2. The largest absolute Gasteiger partial charge is 0.355 e. The average molecular weight is 654 g/mol. The molecule has 0 aliphatic carbocycles. The lowest BCUT2D eigenvalue weighted by molar-refractivity contribution is -0.131. The lowest BCUT2D eigenvalue weighted by Gasteiger charge is -2.30. The first-order valence-corrected chi connectivity index (χ1v) is 17.6. The lowest BCUT2D eigenvalue weighted by atomic mass is 9.89. The average Bonchev–Trinajstić information content (AvgIpc) is 3.91. The van der Waals surface area contributed by atoms with Gasteiger partial charge in [0.25, 0.3) is 0 Å². The first-order valence-electron chi connectivity index (χ1n) is 17.6. The molecule has 2 amide bonds. The Morgan fingerprint density at radius 2 is 1.19 bits per heavy atom. The van der Waals surface area contributed by atoms with Crippen LogP contribution in [-0.4, -0.2) is 55.7 Å². The third-order valence-corrected chi connectivity index (χ3v) is 10.2. The predicted octanol–water partition coefficient (Wildman–Crippen LogP) is 5.50. The van der Waals surface area contributed by atoms with Gasteiger partial charge in [0.05, 0.1) is 28.9 Å². The van der Waals surface area contributed by atoms with Crippen LogP contribution in [0.1, 0.15) is 93.9 Å². The first kappa shape index (κ1) is 35.0. The first-order chi connectivity index (χ1) is 23.0. The Kier molecular flexibility index (Phi) is 11.1. The quantitative estimate of drug-likeness (QED) is 0.162. The number of carbonyl (C=O) groups excluding carboxylic acids is 3. The molecular formula is C38H51N7O3. The standard InChI is InChI=1S/C38H51N7O3/c1-7-21(4)33(39)37(47)45-35(23(6)9-3)38(48)44-34(22(5)8-2)36(46)32-30-16-14-28(42-30)19-26-12-10-24(40-26)18-25-11-13-27(41-25)20-29-15-17-31(32)43-29/h10,12,15,17-23,33-35,40,43H,7-9,11,13-14,16,39H2,1-6H3,(H,44,48)(H,45,47)/t21-,22-,23-,33-,34-,35-/m0/s1. The van der Waals surface area contributed by atoms with Gasteiger partial charge in [-0.1, -0.05) is 60.8 Å². The summed E-state index contributed by atoms with van der Waals surface area (Å²) >= 11 is 0. The number of Topliss-reactive ketones (excluding diaryl/α,β-unsaturated/α-hetero) is 1. The van der Waals surface area contributed by atoms with Gasteiger partial charge in [-0.3, -0.25) is 24.4 Å². The van der Waals surface area contributed by atoms with Gasteiger partial charge in [0.2, 0.25) is 11.8 Å². The second kappa shape index (κ2) is 15.3. The summed E-state index contributed by atoms with van der Waals surface area (Å²) in [5, 5.41) is 6.00. The summed E-state index contributed by atoms with van der Waals surface area (Å²) in [5.74, 6) is -1.34. The fraction of sp³-hybridized carbons (Fsp3) is 0.500. The maximum absolute atomic E-state index is 14.8. The van der Waals surface area contributed by atoms with Crippen LogP contribution < -0.4 is 16.4 Å². The van der Waals surface area contributed by atoms with Gasteiger partial charge >= 0.3 is 0 Å². The maximum Gasteiger partial charge on any atom is 0.243 e. The third-order valence-electron chi connectivity index (χ3n) is 10.2. The number of nitrogens with zero attached hydrogens (tertiary/aromatic N) is 2. The van der Waals surface area contributed by atoms with E-state index in [2.05, 4.69) is 26.7 Å². The molecule has 5 heterocycles. The van der Waals surface area contributed by atoms with Crippen molar-refractivity contribution in [1.29, 1.82) is 0 Å². The highest BCUT2D eigenvalue weighted by molar-refractivity contribution is 6.08. The van der Waals surface area contributed by atoms with E-state index in [1.807, 2.05) is 77.9 Å². The Labute approximate surface area is 283 Å². The van der Waals surface area contributed by atoms with E-state index in [4.69, 9.17) is 15.7 Å². The molecule has 5 rings (SSSR count). The number of aryl methyl sites for hydroxylation is 4. The van der Waals surface area contributed by atoms with E-state index >= 15 is 0 Å². The zero-order chi connectivity index (χ0) is 34.5. The summed E-state index contributed by atoms with van der Waals surface area (Å²) in [6.07, 6.45) is 5.04. The zero-order valence-electron chi connectivity index (χ0n) is 29.2. The molecule has 10 nitrogen and oxygen atoms in total. The number of ketones is 1. The molecule has 0 spiro atoms. The number of nitrogens with two attached hydrogens (primary N) is 1. The molecule has 0 radical (unpaired) electrons. The highest BCUT2D eigenvalue weighted by Gasteiger charge is 2.35. The molecule has 3 aromatic rings. The van der Waals surface area contributed by atoms with Crippen LogP contribution in [0.25, 0.3) is 22.1 Å². The normalized spacial score (nSPS) is 16.7. The van der Waals surface area contributed by atoms with Crippen LogP contribution in [0.3, 0.4) is 0 Å². The van der Waals surface area contributed by atoms with Gasteiger partial charge < -0.3 is 26.3 Å². The second-order valence-corrected chi connectivity index (χ2v) is 13.7. The van der Waals surface area contributed by atoms with E-state index in [0.717, 1.165) is 52.9 Å². The van der Waals surface area contributed by atoms with Gasteiger partial charge in [-0.05, 0) is 85.9 Å². The molecule has 0 saturated heterocycles. The molecule has 0 saturated carbocycles. The van der Waals surface area contributed by atoms with Crippen molar-refractivity contribution in [1.82, 2.24) is 30.6 Å². The molecule has 2 aliphatic heterocycles. The Balaban J connectivity index is 1.59. The molecule has 48 heavy (non-hydrogen) atoms. The second-order valence-electron chi connectivity index (χ2n) is 13.7. The van der Waals surface area contributed by atoms with E-state index < -0.39 is 18.1 Å². The van der Waals surface area contributed by atoms with Crippen LogP contribution in [0.2, 0.25) is 0 Å². The summed E-state index contributed by atoms with van der Waals surface area (Å²) < 4.78 is 0. The van der Waals surface area contributed by atoms with Gasteiger partial charge in [0.15, 0.2) is 5.78 Å². The molecule has 6 N–H and O–H groups in total. The minimum atomic E-state index is -0.834. The van der Waals surface area contributed by atoms with Crippen LogP contribution in [0, 0.1) is 17.8 Å². The molecule has 2 aliphatic rings. The topological polar surface area (TPSA) is 159 Å². The monoisotopic (exact) mass is 653 g/mol. The lowest BCUT2D eigenvalue weighted by Crippen LogP contribution is -2.58. The van der Waals surface area contributed by atoms with Gasteiger partial charge in [-0.25, -0.2) is 0 Å². The number of aromatic nitrogens is 4. The Bertz CT molecular complexity index is 1810. The fourth-order valence-corrected chi connectivity index (χ4v) is 6.35. The van der Waals surface area contributed by atoms with Crippen molar-refractivity contribution >= 4 is 39.7 Å². The number of nitrogens with one attached hydrogen (secondary N) is 4. The van der Waals surface area contributed by atoms with Crippen LogP contribution in [-0.2, 0) is 35.3 Å². The summed E-state index contributed by atoms with van der Waals surface area (Å²) in [7, 11) is 0. The minimum absolute atomic E-state index is 0.0348. The van der Waals surface area contributed by atoms with Crippen LogP contribution in [0.15, 0.2) is 42.5 Å². The van der Waals surface area contributed by atoms with Crippen molar-refractivity contribution in [3.63, 3.8) is 0 Å². The Hall–Kier alpha value is -4.31. The predicted molar refractivity (Wildman–Crippen MR) is 190 cm³/mol. The van der Waals surface area contributed by atoms with Crippen LogP contribution in [0.4, 0.5) is 0 Å². The Morgan fingerprint density at radius 3 is 1.79 bits per heavy atom. The van der Waals surface area contributed by atoms with Crippen molar-refractivity contribution < 1.29 is 14.4 Å². The third kappa shape index (κ3) is 7.86. The van der Waals surface area contributed by atoms with Crippen LogP contribution >= 0.6 is 0 Å². The highest BCUT2D eigenvalue weighted by atomic mass is 16.2. The smallest absolute Gasteiger partial charge is 0.243 e. The van der Waals surface area contributed by atoms with Crippen molar-refractivity contribution in [2.24, 2.45) is 23.5 Å². The summed E-state index contributed by atoms with van der Waals surface area (Å²) in [4.78, 5) is 58.6. The molecule has 0 fully saturated rings. The number of aromatic amines is 2. The van der Waals surface area contributed by atoms with Crippen molar-refractivity contribution in [2.45, 2.75) is 105 Å². The van der Waals surface area contributed by atoms with Gasteiger partial charge in [-0.15, -0.1) is 0 Å². The van der Waals surface area contributed by atoms with E-state index in [1.165, 1.54) is 0 Å². The van der Waals surface area contributed by atoms with Gasteiger partial charge in [-0.2, -0.15) is 0 Å². The Morgan fingerprint density at radius 1 is 0.688 bits per heavy atom. The maximum atomic E-state index is 14.8. The molecule has 6 atom stereocenters. The van der Waals surface area contributed by atoms with Crippen molar-refractivity contribution in [2.75, 3.05) is 0 Å². The van der Waals surface area contributed by atoms with E-state index in [9.17, 15) is 14.4 Å². The van der Waals surface area contributed by atoms with E-state index in [1.54, 1.807) is 0 Å². The SMILES string of the molecule is CC[C@H](C)[C@H](N)C(=O)N[C@H](C(=O)N[C@H](C(=O)c1c2nc(cc3ccc(cc4nc(cc5ccc1[nH]5)CC4)[nH]3)CC2)[C@@H](C)CC)[C@@H](C)CC. The van der Waals surface area contributed by atoms with Gasteiger partial charge in [0, 0.05) is 33.6 Å². The van der Waals surface area contributed by atoms with E-state index in [-0.39, 0.29) is 35.4 Å². The number of amides is 2. The number of rotatable bonds is 12. The van der Waals surface area contributed by atoms with Crippen molar-refractivity contribution in [3.05, 3.63) is 70.8 Å². The molecule has 10 heteroatoms. The summed E-state index contributed by atoms with van der Waals surface area (Å²) in [5.41, 5.74) is 13.7. The minimum Gasteiger partial charge on any atom is -0.355 e. The number of carbonyl (C=O) groups is 3. The van der Waals surface area contributed by atoms with E-state index in [0.29, 0.717) is 42.5 Å². The summed E-state index contributed by atoms with van der Waals surface area (Å²) in [6, 6.07) is 11.7.